The predicted octanol–water partition coefficient (Wildman–Crippen LogP) is 2.36. The summed E-state index contributed by atoms with van der Waals surface area (Å²) in [5.41, 5.74) is 0. The monoisotopic (exact) mass is 343 g/mol. The second kappa shape index (κ2) is 9.77. The van der Waals surface area contributed by atoms with Crippen molar-refractivity contribution in [2.45, 2.75) is 52.0 Å². The minimum Gasteiger partial charge on any atom is -0.371 e. The van der Waals surface area contributed by atoms with E-state index < -0.39 is 0 Å². The normalized spacial score (nSPS) is 13.9. The molecule has 0 bridgehead atoms. The highest BCUT2D eigenvalue weighted by molar-refractivity contribution is 7.99. The fourth-order valence-corrected chi connectivity index (χ4v) is 1.90. The quantitative estimate of drug-likeness (QED) is 0.526. The van der Waals surface area contributed by atoms with Gasteiger partial charge >= 0.3 is 0 Å². The number of hydrogen-bond acceptors (Lipinski definition) is 6. The van der Waals surface area contributed by atoms with Crippen LogP contribution in [0.4, 0.5) is 0 Å². The molecule has 0 aromatic carbocycles. The van der Waals surface area contributed by atoms with E-state index in [0.29, 0.717) is 24.9 Å². The molecule has 1 heterocycles. The van der Waals surface area contributed by atoms with E-state index in [0.717, 1.165) is 19.0 Å². The Kier molecular flexibility index (Phi) is 8.40. The molecule has 0 aliphatic rings. The maximum absolute atomic E-state index is 5.45. The highest BCUT2D eigenvalue weighted by atomic mass is 32.2. The molecule has 0 aliphatic heterocycles. The second-order valence-corrected chi connectivity index (χ2v) is 7.17. The molecule has 0 fully saturated rings. The lowest BCUT2D eigenvalue weighted by Gasteiger charge is -2.23. The van der Waals surface area contributed by atoms with Crippen LogP contribution in [0.2, 0.25) is 0 Å². The van der Waals surface area contributed by atoms with Gasteiger partial charge in [-0.1, -0.05) is 5.16 Å². The summed E-state index contributed by atoms with van der Waals surface area (Å²) in [7, 11) is 0. The number of aliphatic imine (C=N–C) groups is 1. The van der Waals surface area contributed by atoms with E-state index in [1.54, 1.807) is 0 Å². The molecular formula is C15H29N5O2S. The second-order valence-electron chi connectivity index (χ2n) is 5.66. The van der Waals surface area contributed by atoms with Crippen molar-refractivity contribution in [2.75, 3.05) is 26.0 Å². The van der Waals surface area contributed by atoms with Crippen LogP contribution in [0, 0.1) is 0 Å². The third-order valence-corrected chi connectivity index (χ3v) is 4.46. The first-order valence-electron chi connectivity index (χ1n) is 7.93. The summed E-state index contributed by atoms with van der Waals surface area (Å²) in [5.74, 6) is 1.78. The highest BCUT2D eigenvalue weighted by Crippen LogP contribution is 2.19. The van der Waals surface area contributed by atoms with Crippen molar-refractivity contribution in [3.05, 3.63) is 11.7 Å². The van der Waals surface area contributed by atoms with E-state index in [-0.39, 0.29) is 10.9 Å². The molecule has 1 aromatic rings. The molecule has 0 aliphatic carbocycles. The minimum atomic E-state index is -0.171. The number of nitrogens with one attached hydrogen (secondary N) is 2. The van der Waals surface area contributed by atoms with Crippen molar-refractivity contribution < 1.29 is 9.26 Å². The summed E-state index contributed by atoms with van der Waals surface area (Å²) < 4.78 is 10.8. The van der Waals surface area contributed by atoms with Crippen LogP contribution in [-0.2, 0) is 11.3 Å². The van der Waals surface area contributed by atoms with Gasteiger partial charge in [-0.15, -0.1) is 0 Å². The Morgan fingerprint density at radius 1 is 1.39 bits per heavy atom. The van der Waals surface area contributed by atoms with Crippen molar-refractivity contribution in [3.63, 3.8) is 0 Å². The number of aromatic nitrogens is 2. The molecule has 1 unspecified atom stereocenters. The van der Waals surface area contributed by atoms with Crippen LogP contribution in [0.1, 0.15) is 52.4 Å². The molecule has 23 heavy (non-hydrogen) atoms. The van der Waals surface area contributed by atoms with E-state index in [9.17, 15) is 0 Å². The van der Waals surface area contributed by atoms with E-state index in [1.165, 1.54) is 0 Å². The Bertz CT molecular complexity index is 490. The Balaban J connectivity index is 2.63. The van der Waals surface area contributed by atoms with Crippen LogP contribution in [-0.4, -0.2) is 46.8 Å². The number of guanidine groups is 1. The van der Waals surface area contributed by atoms with E-state index >= 15 is 0 Å². The van der Waals surface area contributed by atoms with Crippen LogP contribution in [0.15, 0.2) is 9.52 Å². The lowest BCUT2D eigenvalue weighted by molar-refractivity contribution is 0.0683. The molecule has 0 radical (unpaired) electrons. The van der Waals surface area contributed by atoms with Gasteiger partial charge in [-0.3, -0.25) is 0 Å². The number of ether oxygens (including phenoxy) is 1. The standard InChI is InChI=1S/C15H29N5O2S/c1-7-16-14(18-10-15(4,5)23-6)17-9-12-19-13(20-22-12)11(3)21-8-2/h11H,7-10H2,1-6H3,(H2,16,17,18). The maximum Gasteiger partial charge on any atom is 0.248 e. The van der Waals surface area contributed by atoms with Crippen molar-refractivity contribution in [1.82, 2.24) is 20.8 Å². The SMILES string of the molecule is CCNC(=NCc1nc(C(C)OCC)no1)NCC(C)(C)SC. The van der Waals surface area contributed by atoms with Crippen LogP contribution < -0.4 is 10.6 Å². The van der Waals surface area contributed by atoms with E-state index in [1.807, 2.05) is 32.5 Å². The number of nitrogens with zero attached hydrogens (tertiary/aromatic N) is 3. The summed E-state index contributed by atoms with van der Waals surface area (Å²) in [6.45, 7) is 12.8. The smallest absolute Gasteiger partial charge is 0.248 e. The Morgan fingerprint density at radius 2 is 2.13 bits per heavy atom. The molecule has 1 rings (SSSR count). The number of thioether (sulfide) groups is 1. The fourth-order valence-electron chi connectivity index (χ4n) is 1.68. The third kappa shape index (κ3) is 7.22. The largest absolute Gasteiger partial charge is 0.371 e. The van der Waals surface area contributed by atoms with Gasteiger partial charge in [0.15, 0.2) is 11.8 Å². The fraction of sp³-hybridized carbons (Fsp3) is 0.800. The Hall–Kier alpha value is -1.28. The zero-order valence-electron chi connectivity index (χ0n) is 15.0. The lowest BCUT2D eigenvalue weighted by atomic mass is 10.2. The first kappa shape index (κ1) is 19.8. The van der Waals surface area contributed by atoms with Crippen molar-refractivity contribution in [1.29, 1.82) is 0 Å². The zero-order chi connectivity index (χ0) is 17.3. The van der Waals surface area contributed by atoms with Gasteiger partial charge in [-0.25, -0.2) is 4.99 Å². The molecule has 8 heteroatoms. The number of rotatable bonds is 9. The van der Waals surface area contributed by atoms with Crippen molar-refractivity contribution >= 4 is 17.7 Å². The molecular weight excluding hydrogens is 314 g/mol. The molecule has 0 saturated heterocycles. The van der Waals surface area contributed by atoms with Crippen LogP contribution >= 0.6 is 11.8 Å². The molecule has 0 spiro atoms. The van der Waals surface area contributed by atoms with Crippen LogP contribution in [0.5, 0.6) is 0 Å². The van der Waals surface area contributed by atoms with Gasteiger partial charge in [0.25, 0.3) is 0 Å². The molecule has 0 saturated carbocycles. The molecule has 2 N–H and O–H groups in total. The summed E-state index contributed by atoms with van der Waals surface area (Å²) >= 11 is 1.81. The highest BCUT2D eigenvalue weighted by Gasteiger charge is 2.17. The minimum absolute atomic E-state index is 0.140. The topological polar surface area (TPSA) is 84.6 Å². The van der Waals surface area contributed by atoms with Crippen LogP contribution in [0.3, 0.4) is 0 Å². The van der Waals surface area contributed by atoms with E-state index in [2.05, 4.69) is 45.9 Å². The van der Waals surface area contributed by atoms with Gasteiger partial charge in [-0.2, -0.15) is 16.7 Å². The Labute approximate surface area is 143 Å². The first-order valence-corrected chi connectivity index (χ1v) is 9.15. The first-order chi connectivity index (χ1) is 10.9. The maximum atomic E-state index is 5.45. The molecule has 132 valence electrons. The van der Waals surface area contributed by atoms with Crippen molar-refractivity contribution in [3.8, 4) is 0 Å². The van der Waals surface area contributed by atoms with Crippen molar-refractivity contribution in [2.24, 2.45) is 4.99 Å². The van der Waals surface area contributed by atoms with Gasteiger partial charge < -0.3 is 19.9 Å². The van der Waals surface area contributed by atoms with E-state index in [4.69, 9.17) is 9.26 Å². The van der Waals surface area contributed by atoms with Gasteiger partial charge in [0, 0.05) is 24.4 Å². The third-order valence-electron chi connectivity index (χ3n) is 3.21. The summed E-state index contributed by atoms with van der Waals surface area (Å²) in [6.07, 6.45) is 1.93. The van der Waals surface area contributed by atoms with Gasteiger partial charge in [0.1, 0.15) is 12.6 Å². The zero-order valence-corrected chi connectivity index (χ0v) is 15.8. The summed E-state index contributed by atoms with van der Waals surface area (Å²) in [5, 5.41) is 10.5. The average molecular weight is 343 g/mol. The van der Waals surface area contributed by atoms with Gasteiger partial charge in [0.05, 0.1) is 0 Å². The predicted molar refractivity (Wildman–Crippen MR) is 94.8 cm³/mol. The number of hydrogen-bond donors (Lipinski definition) is 2. The van der Waals surface area contributed by atoms with Gasteiger partial charge in [0.2, 0.25) is 5.89 Å². The molecule has 7 nitrogen and oxygen atoms in total. The van der Waals surface area contributed by atoms with Gasteiger partial charge in [-0.05, 0) is 40.9 Å². The lowest BCUT2D eigenvalue weighted by Crippen LogP contribution is -2.43. The molecule has 0 amide bonds. The molecule has 1 atom stereocenters. The van der Waals surface area contributed by atoms with Crippen LogP contribution in [0.25, 0.3) is 0 Å². The Morgan fingerprint density at radius 3 is 2.74 bits per heavy atom. The molecule has 1 aromatic heterocycles. The summed E-state index contributed by atoms with van der Waals surface area (Å²) in [4.78, 5) is 8.80. The average Bonchev–Trinajstić information content (AvgIpc) is 2.99. The summed E-state index contributed by atoms with van der Waals surface area (Å²) in [6, 6.07) is 0.